The fourth-order valence-electron chi connectivity index (χ4n) is 3.65. The molecule has 4 nitrogen and oxygen atoms in total. The average molecular weight is 309 g/mol. The molecule has 0 bridgehead atoms. The summed E-state index contributed by atoms with van der Waals surface area (Å²) in [7, 11) is 1.56. The summed E-state index contributed by atoms with van der Waals surface area (Å²) in [4.78, 5) is 14.7. The Balaban J connectivity index is 1.77. The van der Waals surface area contributed by atoms with Crippen LogP contribution in [0.3, 0.4) is 0 Å². The predicted molar refractivity (Wildman–Crippen MR) is 82.7 cm³/mol. The van der Waals surface area contributed by atoms with E-state index in [4.69, 9.17) is 22.1 Å². The first-order valence-corrected chi connectivity index (χ1v) is 7.84. The van der Waals surface area contributed by atoms with Crippen molar-refractivity contribution in [1.29, 1.82) is 0 Å². The molecular weight excluding hydrogens is 288 g/mol. The number of hydrogen-bond donors (Lipinski definition) is 1. The Bertz CT molecular complexity index is 549. The van der Waals surface area contributed by atoms with Crippen molar-refractivity contribution in [1.82, 2.24) is 4.90 Å². The van der Waals surface area contributed by atoms with E-state index in [1.807, 2.05) is 4.90 Å². The van der Waals surface area contributed by atoms with Gasteiger partial charge in [0.25, 0.3) is 5.91 Å². The first kappa shape index (κ1) is 14.7. The van der Waals surface area contributed by atoms with Crippen LogP contribution in [0.4, 0.5) is 0 Å². The van der Waals surface area contributed by atoms with Crippen molar-refractivity contribution in [3.05, 3.63) is 28.8 Å². The van der Waals surface area contributed by atoms with Crippen LogP contribution in [0.1, 0.15) is 29.6 Å². The third-order valence-corrected chi connectivity index (χ3v) is 5.01. The minimum atomic E-state index is 0.0338. The maximum atomic E-state index is 12.7. The second kappa shape index (κ2) is 5.85. The largest absolute Gasteiger partial charge is 0.496 e. The zero-order chi connectivity index (χ0) is 15.0. The van der Waals surface area contributed by atoms with Gasteiger partial charge < -0.3 is 15.4 Å². The Morgan fingerprint density at radius 2 is 2.10 bits per heavy atom. The number of carbonyl (C=O) groups excluding carboxylic acids is 1. The number of nitrogens with two attached hydrogens (primary N) is 1. The monoisotopic (exact) mass is 308 g/mol. The zero-order valence-corrected chi connectivity index (χ0v) is 13.0. The van der Waals surface area contributed by atoms with Gasteiger partial charge in [-0.25, -0.2) is 0 Å². The molecule has 1 amide bonds. The van der Waals surface area contributed by atoms with Crippen LogP contribution in [0.15, 0.2) is 18.2 Å². The van der Waals surface area contributed by atoms with Crippen molar-refractivity contribution in [3.8, 4) is 5.75 Å². The first-order chi connectivity index (χ1) is 10.1. The summed E-state index contributed by atoms with van der Waals surface area (Å²) in [6.07, 6.45) is 3.24. The molecule has 0 spiro atoms. The summed E-state index contributed by atoms with van der Waals surface area (Å²) in [5, 5.41) is 0.574. The fraction of sp³-hybridized carbons (Fsp3) is 0.562. The number of methoxy groups -OCH3 is 1. The highest BCUT2D eigenvalue weighted by molar-refractivity contribution is 6.30. The molecule has 2 fully saturated rings. The highest BCUT2D eigenvalue weighted by Gasteiger charge is 2.39. The molecule has 3 atom stereocenters. The van der Waals surface area contributed by atoms with Gasteiger partial charge in [-0.15, -0.1) is 0 Å². The van der Waals surface area contributed by atoms with Crippen LogP contribution in [0.25, 0.3) is 0 Å². The van der Waals surface area contributed by atoms with E-state index in [0.717, 1.165) is 32.4 Å². The highest BCUT2D eigenvalue weighted by Crippen LogP contribution is 2.37. The standard InChI is InChI=1S/C16H21ClN2O2/c1-21-15-7-12(17)3-5-14(15)16(20)19-8-10-2-4-13(18)6-11(10)9-19/h3,5,7,10-11,13H,2,4,6,8-9,18H2,1H3/t10-,11+,13?/m1/s1. The van der Waals surface area contributed by atoms with Gasteiger partial charge in [0.2, 0.25) is 0 Å². The number of rotatable bonds is 2. The lowest BCUT2D eigenvalue weighted by atomic mass is 9.79. The van der Waals surface area contributed by atoms with Gasteiger partial charge >= 0.3 is 0 Å². The van der Waals surface area contributed by atoms with Gasteiger partial charge in [0.05, 0.1) is 12.7 Å². The summed E-state index contributed by atoms with van der Waals surface area (Å²) in [6.45, 7) is 1.64. The first-order valence-electron chi connectivity index (χ1n) is 7.47. The van der Waals surface area contributed by atoms with Crippen LogP contribution in [-0.2, 0) is 0 Å². The van der Waals surface area contributed by atoms with Crippen molar-refractivity contribution < 1.29 is 9.53 Å². The van der Waals surface area contributed by atoms with Crippen LogP contribution >= 0.6 is 11.6 Å². The topological polar surface area (TPSA) is 55.6 Å². The minimum Gasteiger partial charge on any atom is -0.496 e. The molecule has 1 heterocycles. The summed E-state index contributed by atoms with van der Waals surface area (Å²) in [5.41, 5.74) is 6.64. The summed E-state index contributed by atoms with van der Waals surface area (Å²) < 4.78 is 5.29. The lowest BCUT2D eigenvalue weighted by molar-refractivity contribution is 0.0780. The predicted octanol–water partition coefficient (Wildman–Crippen LogP) is 2.55. The second-order valence-electron chi connectivity index (χ2n) is 6.15. The van der Waals surface area contributed by atoms with Gasteiger partial charge in [-0.3, -0.25) is 4.79 Å². The third-order valence-electron chi connectivity index (χ3n) is 4.77. The van der Waals surface area contributed by atoms with E-state index >= 15 is 0 Å². The van der Waals surface area contributed by atoms with Crippen LogP contribution in [0.2, 0.25) is 5.02 Å². The van der Waals surface area contributed by atoms with Crippen molar-refractivity contribution in [3.63, 3.8) is 0 Å². The smallest absolute Gasteiger partial charge is 0.257 e. The maximum Gasteiger partial charge on any atom is 0.257 e. The molecule has 1 aliphatic heterocycles. The molecule has 114 valence electrons. The summed E-state index contributed by atoms with van der Waals surface area (Å²) in [5.74, 6) is 1.73. The molecule has 0 radical (unpaired) electrons. The number of hydrogen-bond acceptors (Lipinski definition) is 3. The molecule has 5 heteroatoms. The molecule has 21 heavy (non-hydrogen) atoms. The molecule has 1 aliphatic carbocycles. The van der Waals surface area contributed by atoms with Gasteiger partial charge in [-0.2, -0.15) is 0 Å². The van der Waals surface area contributed by atoms with Crippen molar-refractivity contribution in [2.45, 2.75) is 25.3 Å². The van der Waals surface area contributed by atoms with Gasteiger partial charge in [0, 0.05) is 24.2 Å². The SMILES string of the molecule is COc1cc(Cl)ccc1C(=O)N1C[C@H]2CCC(N)C[C@H]2C1. The Kier molecular flexibility index (Phi) is 4.09. The molecule has 1 unspecified atom stereocenters. The fourth-order valence-corrected chi connectivity index (χ4v) is 3.81. The van der Waals surface area contributed by atoms with E-state index < -0.39 is 0 Å². The number of fused-ring (bicyclic) bond motifs is 1. The minimum absolute atomic E-state index is 0.0338. The number of amides is 1. The number of halogens is 1. The van der Waals surface area contributed by atoms with E-state index in [0.29, 0.717) is 34.2 Å². The lowest BCUT2D eigenvalue weighted by Gasteiger charge is -2.27. The molecular formula is C16H21ClN2O2. The van der Waals surface area contributed by atoms with Crippen LogP contribution in [0, 0.1) is 11.8 Å². The molecule has 1 saturated carbocycles. The van der Waals surface area contributed by atoms with Gasteiger partial charge in [-0.05, 0) is 49.3 Å². The number of nitrogens with zero attached hydrogens (tertiary/aromatic N) is 1. The zero-order valence-electron chi connectivity index (χ0n) is 12.2. The van der Waals surface area contributed by atoms with Gasteiger partial charge in [-0.1, -0.05) is 11.6 Å². The normalized spacial score (nSPS) is 28.3. The van der Waals surface area contributed by atoms with Gasteiger partial charge in [0.1, 0.15) is 5.75 Å². The number of ether oxygens (including phenoxy) is 1. The maximum absolute atomic E-state index is 12.7. The molecule has 2 aliphatic rings. The average Bonchev–Trinajstić information content (AvgIpc) is 2.89. The Morgan fingerprint density at radius 3 is 2.86 bits per heavy atom. The van der Waals surface area contributed by atoms with Crippen LogP contribution in [0.5, 0.6) is 5.75 Å². The van der Waals surface area contributed by atoms with Gasteiger partial charge in [0.15, 0.2) is 0 Å². The Hall–Kier alpha value is -1.26. The number of likely N-dealkylation sites (tertiary alicyclic amines) is 1. The summed E-state index contributed by atoms with van der Waals surface area (Å²) >= 11 is 5.96. The van der Waals surface area contributed by atoms with Crippen molar-refractivity contribution in [2.75, 3.05) is 20.2 Å². The molecule has 0 aromatic heterocycles. The Morgan fingerprint density at radius 1 is 1.33 bits per heavy atom. The molecule has 2 N–H and O–H groups in total. The quantitative estimate of drug-likeness (QED) is 0.913. The lowest BCUT2D eigenvalue weighted by Crippen LogP contribution is -2.32. The van der Waals surface area contributed by atoms with E-state index in [1.54, 1.807) is 25.3 Å². The molecule has 3 rings (SSSR count). The van der Waals surface area contributed by atoms with Crippen molar-refractivity contribution >= 4 is 17.5 Å². The molecule has 1 saturated heterocycles. The molecule has 1 aromatic carbocycles. The Labute approximate surface area is 130 Å². The second-order valence-corrected chi connectivity index (χ2v) is 6.58. The van der Waals surface area contributed by atoms with E-state index in [9.17, 15) is 4.79 Å². The van der Waals surface area contributed by atoms with Crippen LogP contribution < -0.4 is 10.5 Å². The highest BCUT2D eigenvalue weighted by atomic mass is 35.5. The van der Waals surface area contributed by atoms with Crippen LogP contribution in [-0.4, -0.2) is 37.0 Å². The summed E-state index contributed by atoms with van der Waals surface area (Å²) in [6, 6.07) is 5.47. The van der Waals surface area contributed by atoms with E-state index in [1.165, 1.54) is 0 Å². The van der Waals surface area contributed by atoms with E-state index in [2.05, 4.69) is 0 Å². The third kappa shape index (κ3) is 2.87. The molecule has 1 aromatic rings. The van der Waals surface area contributed by atoms with E-state index in [-0.39, 0.29) is 5.91 Å². The number of carbonyl (C=O) groups is 1. The number of benzene rings is 1. The van der Waals surface area contributed by atoms with Crippen molar-refractivity contribution in [2.24, 2.45) is 17.6 Å².